The van der Waals surface area contributed by atoms with Crippen LogP contribution in [0.2, 0.25) is 0 Å². The number of nitrogens with zero attached hydrogens (tertiary/aromatic N) is 2. The van der Waals surface area contributed by atoms with Gasteiger partial charge in [0.05, 0.1) is 0 Å². The molecule has 0 spiro atoms. The van der Waals surface area contributed by atoms with E-state index in [1.807, 2.05) is 6.92 Å². The molecule has 0 aliphatic rings. The highest BCUT2D eigenvalue weighted by Gasteiger charge is 2.20. The molecule has 2 aromatic rings. The fraction of sp³-hybridized carbons (Fsp3) is 0.250. The molecule has 0 saturated carbocycles. The Hall–Kier alpha value is -2.00. The minimum absolute atomic E-state index is 0.158. The second-order valence-corrected chi connectivity index (χ2v) is 7.08. The number of hydrogen-bond donors (Lipinski definition) is 2. The van der Waals surface area contributed by atoms with Gasteiger partial charge in [-0.15, -0.1) is 10.2 Å². The number of rotatable bonds is 5. The summed E-state index contributed by atoms with van der Waals surface area (Å²) in [6.45, 7) is 3.60. The fourth-order valence-corrected chi connectivity index (χ4v) is 3.37. The lowest BCUT2D eigenvalue weighted by Crippen LogP contribution is -2.12. The van der Waals surface area contributed by atoms with E-state index in [4.69, 9.17) is 0 Å². The number of amides is 1. The maximum absolute atomic E-state index is 12.1. The Morgan fingerprint density at radius 2 is 1.90 bits per heavy atom. The molecular weight excluding hydrogens is 312 g/mol. The molecule has 0 aliphatic heterocycles. The minimum atomic E-state index is -3.80. The van der Waals surface area contributed by atoms with Crippen LogP contribution in [0.25, 0.3) is 0 Å². The minimum Gasteiger partial charge on any atom is -0.301 e. The van der Waals surface area contributed by atoms with Crippen molar-refractivity contribution in [3.63, 3.8) is 0 Å². The van der Waals surface area contributed by atoms with Crippen molar-refractivity contribution < 1.29 is 13.2 Å². The summed E-state index contributed by atoms with van der Waals surface area (Å²) in [6.07, 6.45) is 0.281. The van der Waals surface area contributed by atoms with Crippen LogP contribution in [0.3, 0.4) is 0 Å². The molecule has 1 amide bonds. The van der Waals surface area contributed by atoms with Crippen LogP contribution < -0.4 is 10.0 Å². The van der Waals surface area contributed by atoms with Crippen LogP contribution in [0, 0.1) is 6.92 Å². The van der Waals surface area contributed by atoms with Gasteiger partial charge in [-0.1, -0.05) is 36.0 Å². The van der Waals surface area contributed by atoms with Crippen molar-refractivity contribution in [1.82, 2.24) is 10.2 Å². The van der Waals surface area contributed by atoms with E-state index in [2.05, 4.69) is 20.2 Å². The molecule has 2 N–H and O–H groups in total. The molecule has 7 nitrogen and oxygen atoms in total. The van der Waals surface area contributed by atoms with Crippen molar-refractivity contribution in [3.8, 4) is 0 Å². The van der Waals surface area contributed by atoms with Gasteiger partial charge in [-0.25, -0.2) is 0 Å². The maximum Gasteiger partial charge on any atom is 0.291 e. The first-order valence-electron chi connectivity index (χ1n) is 6.13. The van der Waals surface area contributed by atoms with Crippen molar-refractivity contribution >= 4 is 38.1 Å². The fourth-order valence-electron chi connectivity index (χ4n) is 1.40. The van der Waals surface area contributed by atoms with E-state index in [1.165, 1.54) is 0 Å². The summed E-state index contributed by atoms with van der Waals surface area (Å²) in [5, 5.41) is 9.86. The maximum atomic E-state index is 12.1. The van der Waals surface area contributed by atoms with Crippen LogP contribution in [0.15, 0.2) is 28.6 Å². The van der Waals surface area contributed by atoms with Crippen LogP contribution in [0.5, 0.6) is 0 Å². The highest BCUT2D eigenvalue weighted by molar-refractivity contribution is 7.94. The number of aromatic nitrogens is 2. The van der Waals surface area contributed by atoms with E-state index in [1.54, 1.807) is 31.2 Å². The summed E-state index contributed by atoms with van der Waals surface area (Å²) in [6, 6.07) is 6.91. The lowest BCUT2D eigenvalue weighted by Gasteiger charge is -2.04. The monoisotopic (exact) mass is 326 g/mol. The third kappa shape index (κ3) is 3.99. The second-order valence-electron chi connectivity index (χ2n) is 4.25. The average molecular weight is 326 g/mol. The van der Waals surface area contributed by atoms with Gasteiger partial charge in [-0.3, -0.25) is 9.52 Å². The summed E-state index contributed by atoms with van der Waals surface area (Å²) < 4.78 is 26.5. The largest absolute Gasteiger partial charge is 0.301 e. The molecule has 1 aromatic heterocycles. The van der Waals surface area contributed by atoms with Gasteiger partial charge in [0, 0.05) is 12.1 Å². The number of aryl methyl sites for hydroxylation is 1. The summed E-state index contributed by atoms with van der Waals surface area (Å²) in [4.78, 5) is 11.2. The molecule has 0 aliphatic carbocycles. The lowest BCUT2D eigenvalue weighted by molar-refractivity contribution is -0.115. The van der Waals surface area contributed by atoms with Crippen molar-refractivity contribution in [3.05, 3.63) is 29.8 Å². The average Bonchev–Trinajstić information content (AvgIpc) is 2.90. The van der Waals surface area contributed by atoms with Crippen LogP contribution in [0.4, 0.5) is 10.8 Å². The summed E-state index contributed by atoms with van der Waals surface area (Å²) in [5.74, 6) is -0.249. The Labute approximate surface area is 126 Å². The topological polar surface area (TPSA) is 101 Å². The number of nitrogens with one attached hydrogen (secondary N) is 2. The molecule has 1 heterocycles. The van der Waals surface area contributed by atoms with Gasteiger partial charge in [-0.2, -0.15) is 8.42 Å². The van der Waals surface area contributed by atoms with Crippen molar-refractivity contribution in [2.24, 2.45) is 0 Å². The Bertz CT molecular complexity index is 738. The highest BCUT2D eigenvalue weighted by atomic mass is 32.2. The number of sulfonamides is 1. The summed E-state index contributed by atoms with van der Waals surface area (Å²) in [5.41, 5.74) is 1.47. The molecule has 9 heteroatoms. The van der Waals surface area contributed by atoms with Gasteiger partial charge >= 0.3 is 0 Å². The van der Waals surface area contributed by atoms with Gasteiger partial charge in [0.1, 0.15) is 0 Å². The van der Waals surface area contributed by atoms with Gasteiger partial charge in [0.2, 0.25) is 11.0 Å². The predicted octanol–water partition coefficient (Wildman–Crippen LogP) is 2.00. The Balaban J connectivity index is 2.16. The van der Waals surface area contributed by atoms with Crippen molar-refractivity contribution in [2.45, 2.75) is 24.6 Å². The van der Waals surface area contributed by atoms with Gasteiger partial charge in [-0.05, 0) is 19.1 Å². The van der Waals surface area contributed by atoms with Crippen LogP contribution in [-0.2, 0) is 14.8 Å². The zero-order chi connectivity index (χ0) is 15.5. The zero-order valence-electron chi connectivity index (χ0n) is 11.5. The first kappa shape index (κ1) is 15.4. The lowest BCUT2D eigenvalue weighted by atomic mass is 10.2. The molecule has 112 valence electrons. The number of carbonyl (C=O) groups is 1. The smallest absolute Gasteiger partial charge is 0.291 e. The highest BCUT2D eigenvalue weighted by Crippen LogP contribution is 2.22. The Kier molecular flexibility index (Phi) is 4.53. The normalized spacial score (nSPS) is 11.1. The second kappa shape index (κ2) is 6.19. The van der Waals surface area contributed by atoms with Gasteiger partial charge in [0.15, 0.2) is 0 Å². The first-order valence-corrected chi connectivity index (χ1v) is 8.43. The summed E-state index contributed by atoms with van der Waals surface area (Å²) >= 11 is 0.801. The Morgan fingerprint density at radius 3 is 2.52 bits per heavy atom. The molecule has 0 atom stereocenters. The van der Waals surface area contributed by atoms with E-state index in [0.29, 0.717) is 5.69 Å². The Morgan fingerprint density at radius 1 is 1.24 bits per heavy atom. The predicted molar refractivity (Wildman–Crippen MR) is 80.8 cm³/mol. The molecular formula is C12H14N4O3S2. The van der Waals surface area contributed by atoms with E-state index < -0.39 is 10.0 Å². The number of carbonyl (C=O) groups excluding carboxylic acids is 1. The van der Waals surface area contributed by atoms with E-state index in [-0.39, 0.29) is 21.8 Å². The SMILES string of the molecule is CCC(=O)Nc1nnc(S(=O)(=O)Nc2ccc(C)cc2)s1. The zero-order valence-corrected chi connectivity index (χ0v) is 13.1. The van der Waals surface area contributed by atoms with Crippen molar-refractivity contribution in [1.29, 1.82) is 0 Å². The van der Waals surface area contributed by atoms with Crippen LogP contribution in [-0.4, -0.2) is 24.5 Å². The van der Waals surface area contributed by atoms with Crippen LogP contribution in [0.1, 0.15) is 18.9 Å². The third-order valence-corrected chi connectivity index (χ3v) is 5.10. The third-order valence-electron chi connectivity index (χ3n) is 2.51. The molecule has 0 fully saturated rings. The molecule has 0 unspecified atom stereocenters. The molecule has 0 saturated heterocycles. The molecule has 0 radical (unpaired) electrons. The quantitative estimate of drug-likeness (QED) is 0.818. The van der Waals surface area contributed by atoms with Gasteiger partial charge < -0.3 is 5.32 Å². The number of hydrogen-bond acceptors (Lipinski definition) is 6. The van der Waals surface area contributed by atoms with E-state index in [0.717, 1.165) is 16.9 Å². The van der Waals surface area contributed by atoms with Crippen molar-refractivity contribution in [2.75, 3.05) is 10.0 Å². The molecule has 0 bridgehead atoms. The van der Waals surface area contributed by atoms with E-state index in [9.17, 15) is 13.2 Å². The molecule has 1 aromatic carbocycles. The molecule has 2 rings (SSSR count). The van der Waals surface area contributed by atoms with Gasteiger partial charge in [0.25, 0.3) is 14.4 Å². The standard InChI is InChI=1S/C12H14N4O3S2/c1-3-10(17)13-11-14-15-12(20-11)21(18,19)16-9-6-4-8(2)5-7-9/h4-7,16H,3H2,1-2H3,(H,13,14,17). The number of anilines is 2. The van der Waals surface area contributed by atoms with Crippen LogP contribution >= 0.6 is 11.3 Å². The number of benzene rings is 1. The molecule has 21 heavy (non-hydrogen) atoms. The van der Waals surface area contributed by atoms with E-state index >= 15 is 0 Å². The first-order chi connectivity index (χ1) is 9.90. The summed E-state index contributed by atoms with van der Waals surface area (Å²) in [7, 11) is -3.80.